The van der Waals surface area contributed by atoms with E-state index in [1.54, 1.807) is 24.3 Å². The van der Waals surface area contributed by atoms with Crippen molar-refractivity contribution in [2.75, 3.05) is 4.72 Å². The first-order valence-corrected chi connectivity index (χ1v) is 9.75. The highest BCUT2D eigenvalue weighted by Gasteiger charge is 2.17. The lowest BCUT2D eigenvalue weighted by molar-refractivity contribution is 0.601. The maximum absolute atomic E-state index is 12.6. The van der Waals surface area contributed by atoms with Crippen LogP contribution in [0.25, 0.3) is 10.9 Å². The van der Waals surface area contributed by atoms with Crippen molar-refractivity contribution in [3.63, 3.8) is 0 Å². The first kappa shape index (κ1) is 17.4. The van der Waals surface area contributed by atoms with Gasteiger partial charge in [-0.05, 0) is 55.7 Å². The lowest BCUT2D eigenvalue weighted by Gasteiger charge is -2.14. The van der Waals surface area contributed by atoms with Crippen LogP contribution in [0.3, 0.4) is 0 Å². The van der Waals surface area contributed by atoms with E-state index in [-0.39, 0.29) is 10.8 Å². The van der Waals surface area contributed by atoms with Gasteiger partial charge in [0.05, 0.1) is 10.4 Å². The van der Waals surface area contributed by atoms with Gasteiger partial charge in [-0.1, -0.05) is 43.2 Å². The van der Waals surface area contributed by atoms with E-state index >= 15 is 0 Å². The molecule has 0 saturated carbocycles. The Labute approximate surface area is 149 Å². The normalized spacial score (nSPS) is 11.9. The molecule has 0 spiro atoms. The number of hydrogen-bond acceptors (Lipinski definition) is 3. The predicted molar refractivity (Wildman–Crippen MR) is 103 cm³/mol. The van der Waals surface area contributed by atoms with E-state index in [1.807, 2.05) is 32.0 Å². The third-order valence-corrected chi connectivity index (χ3v) is 5.56. The van der Waals surface area contributed by atoms with E-state index in [2.05, 4.69) is 29.6 Å². The average molecular weight is 354 g/mol. The number of nitrogens with zero attached hydrogens (tertiary/aromatic N) is 1. The fraction of sp³-hybridized carbons (Fsp3) is 0.250. The van der Waals surface area contributed by atoms with Crippen molar-refractivity contribution in [3.05, 3.63) is 65.2 Å². The molecule has 0 bridgehead atoms. The maximum atomic E-state index is 12.6. The molecule has 4 nitrogen and oxygen atoms in total. The average Bonchev–Trinajstić information content (AvgIpc) is 2.54. The van der Waals surface area contributed by atoms with Crippen LogP contribution in [0.2, 0.25) is 0 Å². The first-order valence-electron chi connectivity index (χ1n) is 8.27. The number of rotatable bonds is 4. The maximum Gasteiger partial charge on any atom is 0.263 e. The van der Waals surface area contributed by atoms with Crippen LogP contribution < -0.4 is 4.72 Å². The molecule has 3 aromatic rings. The van der Waals surface area contributed by atoms with Crippen molar-refractivity contribution in [1.82, 2.24) is 4.98 Å². The molecule has 5 heteroatoms. The first-order chi connectivity index (χ1) is 11.8. The van der Waals surface area contributed by atoms with Crippen LogP contribution >= 0.6 is 0 Å². The molecule has 0 saturated heterocycles. The quantitative estimate of drug-likeness (QED) is 0.734. The molecule has 0 fully saturated rings. The molecule has 0 radical (unpaired) electrons. The van der Waals surface area contributed by atoms with Crippen molar-refractivity contribution in [1.29, 1.82) is 0 Å². The van der Waals surface area contributed by atoms with Gasteiger partial charge in [-0.25, -0.2) is 13.4 Å². The third kappa shape index (κ3) is 3.66. The highest BCUT2D eigenvalue weighted by Crippen LogP contribution is 2.28. The van der Waals surface area contributed by atoms with E-state index in [1.165, 1.54) is 0 Å². The molecule has 0 aliphatic heterocycles. The van der Waals surface area contributed by atoms with E-state index in [4.69, 9.17) is 0 Å². The zero-order chi connectivity index (χ0) is 18.2. The van der Waals surface area contributed by atoms with E-state index in [9.17, 15) is 8.42 Å². The summed E-state index contributed by atoms with van der Waals surface area (Å²) >= 11 is 0. The summed E-state index contributed by atoms with van der Waals surface area (Å²) in [6.07, 6.45) is 0. The van der Waals surface area contributed by atoms with Gasteiger partial charge in [-0.3, -0.25) is 4.72 Å². The summed E-state index contributed by atoms with van der Waals surface area (Å²) in [5, 5.41) is 1.06. The number of aryl methyl sites for hydroxylation is 2. The number of anilines is 1. The minimum Gasteiger partial charge on any atom is -0.263 e. The molecule has 0 atom stereocenters. The molecule has 1 heterocycles. The van der Waals surface area contributed by atoms with E-state index in [0.717, 1.165) is 27.6 Å². The Hall–Kier alpha value is -2.40. The van der Waals surface area contributed by atoms with E-state index in [0.29, 0.717) is 5.82 Å². The van der Waals surface area contributed by atoms with Crippen LogP contribution in [-0.2, 0) is 10.0 Å². The van der Waals surface area contributed by atoms with Gasteiger partial charge in [0, 0.05) is 5.39 Å². The Balaban J connectivity index is 2.07. The van der Waals surface area contributed by atoms with Crippen molar-refractivity contribution in [2.24, 2.45) is 0 Å². The van der Waals surface area contributed by atoms with Crippen molar-refractivity contribution < 1.29 is 8.42 Å². The topological polar surface area (TPSA) is 59.1 Å². The van der Waals surface area contributed by atoms with Crippen molar-refractivity contribution >= 4 is 26.7 Å². The van der Waals surface area contributed by atoms with E-state index < -0.39 is 10.0 Å². The number of benzene rings is 2. The summed E-state index contributed by atoms with van der Waals surface area (Å²) in [4.78, 5) is 4.73. The summed E-state index contributed by atoms with van der Waals surface area (Å²) in [5.74, 6) is 0.607. The summed E-state index contributed by atoms with van der Waals surface area (Å²) in [7, 11) is -3.66. The Morgan fingerprint density at radius 3 is 2.20 bits per heavy atom. The number of hydrogen-bond donors (Lipinski definition) is 1. The van der Waals surface area contributed by atoms with Gasteiger partial charge in [-0.15, -0.1) is 0 Å². The largest absolute Gasteiger partial charge is 0.263 e. The van der Waals surface area contributed by atoms with Crippen molar-refractivity contribution in [3.8, 4) is 0 Å². The molecule has 0 unspecified atom stereocenters. The molecule has 3 rings (SSSR count). The zero-order valence-corrected chi connectivity index (χ0v) is 15.7. The second kappa shape index (κ2) is 6.48. The molecule has 1 N–H and O–H groups in total. The SMILES string of the molecule is Cc1ccc(S(=O)(=O)Nc2cc(C(C)C)c3cc(C)ccc3n2)cc1. The molecule has 25 heavy (non-hydrogen) atoms. The zero-order valence-electron chi connectivity index (χ0n) is 14.9. The predicted octanol–water partition coefficient (Wildman–Crippen LogP) is 4.78. The summed E-state index contributed by atoms with van der Waals surface area (Å²) in [5.41, 5.74) is 4.04. The Morgan fingerprint density at radius 1 is 0.920 bits per heavy atom. The Bertz CT molecular complexity index is 1020. The molecular weight excluding hydrogens is 332 g/mol. The fourth-order valence-corrected chi connectivity index (χ4v) is 3.80. The molecule has 0 aliphatic carbocycles. The third-order valence-electron chi connectivity index (χ3n) is 4.19. The lowest BCUT2D eigenvalue weighted by Crippen LogP contribution is -2.14. The highest BCUT2D eigenvalue weighted by molar-refractivity contribution is 7.92. The number of pyridine rings is 1. The molecule has 130 valence electrons. The highest BCUT2D eigenvalue weighted by atomic mass is 32.2. The second-order valence-electron chi connectivity index (χ2n) is 6.69. The fourth-order valence-electron chi connectivity index (χ4n) is 2.81. The van der Waals surface area contributed by atoms with Gasteiger partial charge < -0.3 is 0 Å². The second-order valence-corrected chi connectivity index (χ2v) is 8.37. The number of aromatic nitrogens is 1. The van der Waals surface area contributed by atoms with Crippen LogP contribution in [0.15, 0.2) is 53.4 Å². The Kier molecular flexibility index (Phi) is 4.52. The molecule has 1 aromatic heterocycles. The van der Waals surface area contributed by atoms with Crippen LogP contribution in [0, 0.1) is 13.8 Å². The van der Waals surface area contributed by atoms with Crippen LogP contribution in [0.4, 0.5) is 5.82 Å². The van der Waals surface area contributed by atoms with Crippen LogP contribution in [0.5, 0.6) is 0 Å². The summed E-state index contributed by atoms with van der Waals surface area (Å²) in [6.45, 7) is 8.15. The van der Waals surface area contributed by atoms with Gasteiger partial charge in [0.1, 0.15) is 5.82 Å². The van der Waals surface area contributed by atoms with Crippen LogP contribution in [0.1, 0.15) is 36.5 Å². The lowest BCUT2D eigenvalue weighted by atomic mass is 9.97. The standard InChI is InChI=1S/C20H22N2O2S/c1-13(2)17-12-20(21-19-10-7-15(4)11-18(17)19)22-25(23,24)16-8-5-14(3)6-9-16/h5-13H,1-4H3,(H,21,22). The summed E-state index contributed by atoms with van der Waals surface area (Å²) in [6, 6.07) is 14.6. The minimum atomic E-state index is -3.66. The van der Waals surface area contributed by atoms with Gasteiger partial charge >= 0.3 is 0 Å². The molecule has 0 aliphatic rings. The number of fused-ring (bicyclic) bond motifs is 1. The summed E-state index contributed by atoms with van der Waals surface area (Å²) < 4.78 is 27.9. The van der Waals surface area contributed by atoms with Gasteiger partial charge in [0.2, 0.25) is 0 Å². The van der Waals surface area contributed by atoms with Crippen molar-refractivity contribution in [2.45, 2.75) is 38.5 Å². The van der Waals surface area contributed by atoms with Gasteiger partial charge in [0.25, 0.3) is 10.0 Å². The van der Waals surface area contributed by atoms with Gasteiger partial charge in [-0.2, -0.15) is 0 Å². The molecule has 0 amide bonds. The number of sulfonamides is 1. The van der Waals surface area contributed by atoms with Crippen LogP contribution in [-0.4, -0.2) is 13.4 Å². The minimum absolute atomic E-state index is 0.231. The molecule has 2 aromatic carbocycles. The number of nitrogens with one attached hydrogen (secondary N) is 1. The molecular formula is C20H22N2O2S. The Morgan fingerprint density at radius 2 is 1.56 bits per heavy atom. The smallest absolute Gasteiger partial charge is 0.263 e. The monoisotopic (exact) mass is 354 g/mol. The van der Waals surface area contributed by atoms with Gasteiger partial charge in [0.15, 0.2) is 0 Å².